The van der Waals surface area contributed by atoms with Gasteiger partial charge in [-0.2, -0.15) is 0 Å². The summed E-state index contributed by atoms with van der Waals surface area (Å²) in [5, 5.41) is 8.54. The average Bonchev–Trinajstić information content (AvgIpc) is 2.76. The Balaban J connectivity index is 1.68. The first-order valence-corrected chi connectivity index (χ1v) is 11.0. The first kappa shape index (κ1) is 22.7. The maximum absolute atomic E-state index is 12.8. The van der Waals surface area contributed by atoms with Gasteiger partial charge in [-0.05, 0) is 90.3 Å². The minimum atomic E-state index is -0.321. The number of halogens is 1. The summed E-state index contributed by atoms with van der Waals surface area (Å²) in [5.74, 6) is 0.106. The van der Waals surface area contributed by atoms with Crippen LogP contribution in [0, 0.1) is 3.57 Å². The Bertz CT molecular complexity index is 1100. The molecule has 0 saturated heterocycles. The van der Waals surface area contributed by atoms with Crippen molar-refractivity contribution in [2.75, 3.05) is 17.2 Å². The number of para-hydroxylation sites is 1. The van der Waals surface area contributed by atoms with Gasteiger partial charge in [-0.1, -0.05) is 24.3 Å². The van der Waals surface area contributed by atoms with Crippen LogP contribution < -0.4 is 20.7 Å². The second-order valence-corrected chi connectivity index (χ2v) is 7.92. The molecule has 3 N–H and O–H groups in total. The Hall–Kier alpha value is -2.98. The van der Waals surface area contributed by atoms with Crippen LogP contribution in [0.2, 0.25) is 0 Å². The Kier molecular flexibility index (Phi) is 7.96. The van der Waals surface area contributed by atoms with Crippen LogP contribution in [0.4, 0.5) is 11.4 Å². The van der Waals surface area contributed by atoms with Crippen molar-refractivity contribution in [2.45, 2.75) is 6.92 Å². The number of amides is 2. The summed E-state index contributed by atoms with van der Waals surface area (Å²) < 4.78 is 6.23. The van der Waals surface area contributed by atoms with Crippen LogP contribution in [-0.4, -0.2) is 23.5 Å². The predicted octanol–water partition coefficient (Wildman–Crippen LogP) is 5.07. The summed E-state index contributed by atoms with van der Waals surface area (Å²) in [6, 6.07) is 21.3. The van der Waals surface area contributed by atoms with Crippen molar-refractivity contribution < 1.29 is 14.3 Å². The van der Waals surface area contributed by atoms with E-state index < -0.39 is 0 Å². The lowest BCUT2D eigenvalue weighted by Gasteiger charge is -2.14. The van der Waals surface area contributed by atoms with Gasteiger partial charge in [0.15, 0.2) is 5.11 Å². The molecule has 0 bridgehead atoms. The highest BCUT2D eigenvalue weighted by Gasteiger charge is 2.15. The molecule has 0 unspecified atom stereocenters. The zero-order valence-electron chi connectivity index (χ0n) is 16.6. The number of nitrogens with one attached hydrogen (secondary N) is 3. The van der Waals surface area contributed by atoms with E-state index in [0.29, 0.717) is 29.1 Å². The van der Waals surface area contributed by atoms with Gasteiger partial charge in [-0.3, -0.25) is 14.9 Å². The number of benzene rings is 3. The number of carbonyl (C=O) groups is 2. The fourth-order valence-corrected chi connectivity index (χ4v) is 3.59. The molecule has 0 spiro atoms. The number of ether oxygens (including phenoxy) is 1. The Morgan fingerprint density at radius 1 is 0.871 bits per heavy atom. The molecule has 0 heterocycles. The van der Waals surface area contributed by atoms with E-state index in [1.54, 1.807) is 60.7 Å². The summed E-state index contributed by atoms with van der Waals surface area (Å²) in [7, 11) is 0. The van der Waals surface area contributed by atoms with E-state index in [2.05, 4.69) is 38.5 Å². The van der Waals surface area contributed by atoms with Crippen molar-refractivity contribution in [3.8, 4) is 5.75 Å². The van der Waals surface area contributed by atoms with Gasteiger partial charge < -0.3 is 15.4 Å². The molecule has 3 aromatic carbocycles. The van der Waals surface area contributed by atoms with Crippen LogP contribution >= 0.6 is 34.8 Å². The van der Waals surface area contributed by atoms with E-state index in [-0.39, 0.29) is 16.9 Å². The van der Waals surface area contributed by atoms with Crippen LogP contribution in [-0.2, 0) is 0 Å². The third-order valence-electron chi connectivity index (χ3n) is 4.19. The molecule has 0 aliphatic carbocycles. The maximum atomic E-state index is 12.8. The van der Waals surface area contributed by atoms with Gasteiger partial charge in [0.25, 0.3) is 11.8 Å². The third kappa shape index (κ3) is 6.25. The van der Waals surface area contributed by atoms with E-state index in [1.807, 2.05) is 19.1 Å². The number of hydrogen-bond acceptors (Lipinski definition) is 4. The highest BCUT2D eigenvalue weighted by Crippen LogP contribution is 2.20. The molecule has 3 rings (SSSR count). The molecule has 0 fully saturated rings. The second-order valence-electron chi connectivity index (χ2n) is 6.35. The second kappa shape index (κ2) is 10.9. The smallest absolute Gasteiger partial charge is 0.258 e. The topological polar surface area (TPSA) is 79.5 Å². The quantitative estimate of drug-likeness (QED) is 0.298. The molecule has 0 aliphatic heterocycles. The van der Waals surface area contributed by atoms with Crippen LogP contribution in [0.1, 0.15) is 27.6 Å². The van der Waals surface area contributed by atoms with Crippen molar-refractivity contribution in [3.63, 3.8) is 0 Å². The summed E-state index contributed by atoms with van der Waals surface area (Å²) >= 11 is 7.37. The molecule has 0 aliphatic rings. The first-order chi connectivity index (χ1) is 15.0. The minimum absolute atomic E-state index is 0.103. The number of carbonyl (C=O) groups excluding carboxylic acids is 2. The lowest BCUT2D eigenvalue weighted by Crippen LogP contribution is -2.35. The molecule has 31 heavy (non-hydrogen) atoms. The van der Waals surface area contributed by atoms with E-state index in [0.717, 1.165) is 9.32 Å². The summed E-state index contributed by atoms with van der Waals surface area (Å²) in [6.07, 6.45) is 0. The maximum Gasteiger partial charge on any atom is 0.258 e. The van der Waals surface area contributed by atoms with Crippen molar-refractivity contribution in [2.24, 2.45) is 0 Å². The van der Waals surface area contributed by atoms with Gasteiger partial charge in [0.05, 0.1) is 23.4 Å². The van der Waals surface area contributed by atoms with Crippen molar-refractivity contribution in [1.29, 1.82) is 0 Å². The van der Waals surface area contributed by atoms with Crippen LogP contribution in [0.25, 0.3) is 0 Å². The Morgan fingerprint density at radius 3 is 2.19 bits per heavy atom. The zero-order valence-corrected chi connectivity index (χ0v) is 19.6. The van der Waals surface area contributed by atoms with Gasteiger partial charge >= 0.3 is 0 Å². The van der Waals surface area contributed by atoms with Gasteiger partial charge in [-0.15, -0.1) is 0 Å². The van der Waals surface area contributed by atoms with Gasteiger partial charge in [0.2, 0.25) is 0 Å². The predicted molar refractivity (Wildman–Crippen MR) is 135 cm³/mol. The molecule has 0 radical (unpaired) electrons. The number of hydrogen-bond donors (Lipinski definition) is 3. The van der Waals surface area contributed by atoms with Gasteiger partial charge in [0, 0.05) is 9.26 Å². The van der Waals surface area contributed by atoms with Gasteiger partial charge in [0.1, 0.15) is 5.75 Å². The lowest BCUT2D eigenvalue weighted by atomic mass is 10.1. The summed E-state index contributed by atoms with van der Waals surface area (Å²) in [4.78, 5) is 25.3. The molecular formula is C23H20IN3O3S. The monoisotopic (exact) mass is 545 g/mol. The van der Waals surface area contributed by atoms with E-state index in [4.69, 9.17) is 17.0 Å². The number of anilines is 2. The van der Waals surface area contributed by atoms with Crippen molar-refractivity contribution in [3.05, 3.63) is 87.5 Å². The van der Waals surface area contributed by atoms with Gasteiger partial charge in [-0.25, -0.2) is 0 Å². The molecule has 0 atom stereocenters. The van der Waals surface area contributed by atoms with E-state index in [9.17, 15) is 9.59 Å². The molecule has 3 aromatic rings. The molecule has 6 nitrogen and oxygen atoms in total. The molecule has 8 heteroatoms. The van der Waals surface area contributed by atoms with Crippen LogP contribution in [0.3, 0.4) is 0 Å². The molecule has 0 saturated carbocycles. The van der Waals surface area contributed by atoms with Crippen LogP contribution in [0.5, 0.6) is 5.75 Å². The molecule has 2 amide bonds. The van der Waals surface area contributed by atoms with Crippen molar-refractivity contribution >= 4 is 63.1 Å². The normalized spacial score (nSPS) is 10.1. The minimum Gasteiger partial charge on any atom is -0.494 e. The molecule has 158 valence electrons. The highest BCUT2D eigenvalue weighted by molar-refractivity contribution is 14.1. The zero-order chi connectivity index (χ0) is 22.2. The van der Waals surface area contributed by atoms with E-state index >= 15 is 0 Å². The number of rotatable bonds is 6. The van der Waals surface area contributed by atoms with E-state index in [1.165, 1.54) is 0 Å². The standard InChI is InChI=1S/C23H20IN3O3S/c1-2-30-16-13-11-15(12-14-16)25-22(29)18-8-4-6-10-20(18)26-23(31)27-21(28)17-7-3-5-9-19(17)24/h3-14H,2H2,1H3,(H,25,29)(H2,26,27,28,31). The SMILES string of the molecule is CCOc1ccc(NC(=O)c2ccccc2NC(=S)NC(=O)c2ccccc2I)cc1. The molecule has 0 aromatic heterocycles. The molecular weight excluding hydrogens is 525 g/mol. The first-order valence-electron chi connectivity index (χ1n) is 9.48. The lowest BCUT2D eigenvalue weighted by molar-refractivity contribution is 0.0975. The Morgan fingerprint density at radius 2 is 1.52 bits per heavy atom. The number of thiocarbonyl (C=S) groups is 1. The largest absolute Gasteiger partial charge is 0.494 e. The summed E-state index contributed by atoms with van der Waals surface area (Å²) in [6.45, 7) is 2.48. The average molecular weight is 545 g/mol. The Labute approximate surface area is 199 Å². The fourth-order valence-electron chi connectivity index (χ4n) is 2.76. The summed E-state index contributed by atoms with van der Waals surface area (Å²) in [5.41, 5.74) is 2.04. The fraction of sp³-hybridized carbons (Fsp3) is 0.0870. The highest BCUT2D eigenvalue weighted by atomic mass is 127. The van der Waals surface area contributed by atoms with Crippen LogP contribution in [0.15, 0.2) is 72.8 Å². The third-order valence-corrected chi connectivity index (χ3v) is 5.33. The van der Waals surface area contributed by atoms with Crippen molar-refractivity contribution in [1.82, 2.24) is 5.32 Å².